The first-order chi connectivity index (χ1) is 8.86. The molecule has 2 N–H and O–H groups in total. The number of hydrogen-bond donors (Lipinski definition) is 2. The Morgan fingerprint density at radius 2 is 2.00 bits per heavy atom. The molecule has 0 aliphatic rings. The third-order valence-electron chi connectivity index (χ3n) is 3.01. The quantitative estimate of drug-likeness (QED) is 0.848. The summed E-state index contributed by atoms with van der Waals surface area (Å²) < 4.78 is 5.14. The molecule has 0 heterocycles. The molecule has 0 spiro atoms. The van der Waals surface area contributed by atoms with Gasteiger partial charge in [-0.3, -0.25) is 10.1 Å². The summed E-state index contributed by atoms with van der Waals surface area (Å²) in [5.41, 5.74) is 0.706. The Morgan fingerprint density at radius 1 is 1.37 bits per heavy atom. The van der Waals surface area contributed by atoms with Crippen molar-refractivity contribution in [3.63, 3.8) is 0 Å². The molecule has 0 fully saturated rings. The largest absolute Gasteiger partial charge is 0.508 e. The molecule has 1 aromatic carbocycles. The average molecular weight is 266 g/mol. The Balaban J connectivity index is 2.83. The number of rotatable bonds is 5. The van der Waals surface area contributed by atoms with Gasteiger partial charge in [0.25, 0.3) is 0 Å². The highest BCUT2D eigenvalue weighted by atomic mass is 16.5. The minimum atomic E-state index is -0.324. The number of hydrogen-bond acceptors (Lipinski definition) is 4. The molecule has 0 aromatic heterocycles. The summed E-state index contributed by atoms with van der Waals surface area (Å²) in [6, 6.07) is 4.56. The van der Waals surface area contributed by atoms with Gasteiger partial charge in [0.1, 0.15) is 11.5 Å². The monoisotopic (exact) mass is 266 g/mol. The summed E-state index contributed by atoms with van der Waals surface area (Å²) >= 11 is 0. The lowest BCUT2D eigenvalue weighted by Crippen LogP contribution is -2.42. The zero-order valence-electron chi connectivity index (χ0n) is 12.1. The van der Waals surface area contributed by atoms with Gasteiger partial charge in [-0.2, -0.15) is 0 Å². The fourth-order valence-corrected chi connectivity index (χ4v) is 1.93. The van der Waals surface area contributed by atoms with E-state index in [4.69, 9.17) is 4.74 Å². The molecule has 2 unspecified atom stereocenters. The molecular formula is C14H22N2O3. The van der Waals surface area contributed by atoms with E-state index in [-0.39, 0.29) is 23.7 Å². The highest BCUT2D eigenvalue weighted by molar-refractivity contribution is 5.81. The first-order valence-electron chi connectivity index (χ1n) is 6.21. The van der Waals surface area contributed by atoms with Crippen LogP contribution >= 0.6 is 0 Å². The third kappa shape index (κ3) is 3.86. The standard InChI is InChI=1S/C14H22N2O3/c1-9(15-10(2)14(18)16(3)4)12-8-11(19-5)6-7-13(12)17/h6-10,15,17H,1-5H3. The van der Waals surface area contributed by atoms with Crippen LogP contribution in [0.3, 0.4) is 0 Å². The molecule has 0 radical (unpaired) electrons. The van der Waals surface area contributed by atoms with Crippen LogP contribution < -0.4 is 10.1 Å². The number of carbonyl (C=O) groups is 1. The summed E-state index contributed by atoms with van der Waals surface area (Å²) in [4.78, 5) is 13.3. The van der Waals surface area contributed by atoms with Crippen molar-refractivity contribution in [3.05, 3.63) is 23.8 Å². The number of methoxy groups -OCH3 is 1. The van der Waals surface area contributed by atoms with Crippen LogP contribution in [0.15, 0.2) is 18.2 Å². The molecule has 1 amide bonds. The third-order valence-corrected chi connectivity index (χ3v) is 3.01. The Labute approximate surface area is 114 Å². The van der Waals surface area contributed by atoms with E-state index in [1.165, 1.54) is 4.90 Å². The number of amides is 1. The SMILES string of the molecule is COc1ccc(O)c(C(C)NC(C)C(=O)N(C)C)c1. The van der Waals surface area contributed by atoms with Crippen LogP contribution in [0.25, 0.3) is 0 Å². The maximum absolute atomic E-state index is 11.8. The second-order valence-electron chi connectivity index (χ2n) is 4.77. The Bertz CT molecular complexity index is 446. The van der Waals surface area contributed by atoms with E-state index < -0.39 is 0 Å². The number of benzene rings is 1. The van der Waals surface area contributed by atoms with Crippen molar-refractivity contribution >= 4 is 5.91 Å². The Morgan fingerprint density at radius 3 is 2.53 bits per heavy atom. The van der Waals surface area contributed by atoms with Gasteiger partial charge in [0.05, 0.1) is 13.2 Å². The summed E-state index contributed by atoms with van der Waals surface area (Å²) in [5, 5.41) is 13.0. The van der Waals surface area contributed by atoms with Crippen LogP contribution in [0.2, 0.25) is 0 Å². The van der Waals surface area contributed by atoms with Crippen molar-refractivity contribution in [2.24, 2.45) is 0 Å². The molecule has 5 nitrogen and oxygen atoms in total. The van der Waals surface area contributed by atoms with Gasteiger partial charge in [-0.1, -0.05) is 0 Å². The summed E-state index contributed by atoms with van der Waals surface area (Å²) in [6.07, 6.45) is 0. The summed E-state index contributed by atoms with van der Waals surface area (Å²) in [5.74, 6) is 0.854. The molecule has 0 aliphatic carbocycles. The number of likely N-dealkylation sites (N-methyl/N-ethyl adjacent to an activating group) is 1. The lowest BCUT2D eigenvalue weighted by atomic mass is 10.1. The number of aromatic hydroxyl groups is 1. The molecule has 0 aliphatic heterocycles. The number of phenolic OH excluding ortho intramolecular Hbond substituents is 1. The lowest BCUT2D eigenvalue weighted by Gasteiger charge is -2.23. The van der Waals surface area contributed by atoms with E-state index in [2.05, 4.69) is 5.32 Å². The van der Waals surface area contributed by atoms with Gasteiger partial charge >= 0.3 is 0 Å². The van der Waals surface area contributed by atoms with Crippen LogP contribution in [0.1, 0.15) is 25.5 Å². The molecule has 106 valence electrons. The maximum atomic E-state index is 11.8. The molecule has 5 heteroatoms. The highest BCUT2D eigenvalue weighted by Gasteiger charge is 2.19. The van der Waals surface area contributed by atoms with Crippen LogP contribution in [0, 0.1) is 0 Å². The van der Waals surface area contributed by atoms with Crippen LogP contribution in [-0.2, 0) is 4.79 Å². The Hall–Kier alpha value is -1.75. The maximum Gasteiger partial charge on any atom is 0.238 e. The van der Waals surface area contributed by atoms with Crippen molar-refractivity contribution < 1.29 is 14.6 Å². The van der Waals surface area contributed by atoms with Gasteiger partial charge in [-0.05, 0) is 32.0 Å². The number of nitrogens with one attached hydrogen (secondary N) is 1. The fourth-order valence-electron chi connectivity index (χ4n) is 1.93. The van der Waals surface area contributed by atoms with E-state index in [0.29, 0.717) is 11.3 Å². The smallest absolute Gasteiger partial charge is 0.238 e. The van der Waals surface area contributed by atoms with Crippen molar-refractivity contribution in [3.8, 4) is 11.5 Å². The normalized spacial score (nSPS) is 13.7. The average Bonchev–Trinajstić information content (AvgIpc) is 2.37. The van der Waals surface area contributed by atoms with Gasteiger partial charge in [0, 0.05) is 25.7 Å². The summed E-state index contributed by atoms with van der Waals surface area (Å²) in [7, 11) is 5.01. The van der Waals surface area contributed by atoms with Crippen molar-refractivity contribution in [1.29, 1.82) is 0 Å². The molecule has 19 heavy (non-hydrogen) atoms. The second-order valence-corrected chi connectivity index (χ2v) is 4.77. The van der Waals surface area contributed by atoms with Crippen LogP contribution in [0.4, 0.5) is 0 Å². The minimum Gasteiger partial charge on any atom is -0.508 e. The molecule has 2 atom stereocenters. The molecule has 0 saturated carbocycles. The lowest BCUT2D eigenvalue weighted by molar-refractivity contribution is -0.130. The number of nitrogens with zero attached hydrogens (tertiary/aromatic N) is 1. The molecule has 1 aromatic rings. The topological polar surface area (TPSA) is 61.8 Å². The van der Waals surface area contributed by atoms with Gasteiger partial charge in [-0.25, -0.2) is 0 Å². The first kappa shape index (κ1) is 15.3. The fraction of sp³-hybridized carbons (Fsp3) is 0.500. The number of phenols is 1. The zero-order valence-corrected chi connectivity index (χ0v) is 12.1. The molecular weight excluding hydrogens is 244 g/mol. The minimum absolute atomic E-state index is 0.00534. The van der Waals surface area contributed by atoms with Crippen LogP contribution in [-0.4, -0.2) is 43.2 Å². The highest BCUT2D eigenvalue weighted by Crippen LogP contribution is 2.28. The predicted molar refractivity (Wildman–Crippen MR) is 74.4 cm³/mol. The van der Waals surface area contributed by atoms with Gasteiger partial charge in [0.2, 0.25) is 5.91 Å². The van der Waals surface area contributed by atoms with Crippen molar-refractivity contribution in [2.45, 2.75) is 25.9 Å². The first-order valence-corrected chi connectivity index (χ1v) is 6.21. The van der Waals surface area contributed by atoms with Crippen LogP contribution in [0.5, 0.6) is 11.5 Å². The predicted octanol–water partition coefficient (Wildman–Crippen LogP) is 1.53. The summed E-state index contributed by atoms with van der Waals surface area (Å²) in [6.45, 7) is 3.70. The number of ether oxygens (including phenoxy) is 1. The van der Waals surface area contributed by atoms with Crippen molar-refractivity contribution in [1.82, 2.24) is 10.2 Å². The van der Waals surface area contributed by atoms with E-state index in [1.54, 1.807) is 46.3 Å². The molecule has 0 bridgehead atoms. The van der Waals surface area contributed by atoms with E-state index >= 15 is 0 Å². The number of carbonyl (C=O) groups excluding carboxylic acids is 1. The molecule has 1 rings (SSSR count). The van der Waals surface area contributed by atoms with Gasteiger partial charge in [0.15, 0.2) is 0 Å². The van der Waals surface area contributed by atoms with E-state index in [9.17, 15) is 9.90 Å². The Kier molecular flexibility index (Phi) is 5.18. The van der Waals surface area contributed by atoms with Crippen molar-refractivity contribution in [2.75, 3.05) is 21.2 Å². The van der Waals surface area contributed by atoms with Gasteiger partial charge in [-0.15, -0.1) is 0 Å². The van der Waals surface area contributed by atoms with E-state index in [1.807, 2.05) is 6.92 Å². The molecule has 0 saturated heterocycles. The second kappa shape index (κ2) is 6.43. The van der Waals surface area contributed by atoms with E-state index in [0.717, 1.165) is 0 Å². The van der Waals surface area contributed by atoms with Gasteiger partial charge < -0.3 is 14.7 Å². The zero-order chi connectivity index (χ0) is 14.6.